The van der Waals surface area contributed by atoms with Crippen molar-refractivity contribution in [2.75, 3.05) is 13.2 Å². The lowest BCUT2D eigenvalue weighted by atomic mass is 10.2. The van der Waals surface area contributed by atoms with Crippen LogP contribution in [0.5, 0.6) is 0 Å². The summed E-state index contributed by atoms with van der Waals surface area (Å²) in [7, 11) is 0. The molecule has 0 spiro atoms. The summed E-state index contributed by atoms with van der Waals surface area (Å²) in [6.07, 6.45) is 9.22. The summed E-state index contributed by atoms with van der Waals surface area (Å²) in [5.74, 6) is -0.0226. The predicted octanol–water partition coefficient (Wildman–Crippen LogP) is 0.450. The van der Waals surface area contributed by atoms with E-state index in [2.05, 4.69) is 0 Å². The molecule has 0 saturated carbocycles. The fourth-order valence-corrected chi connectivity index (χ4v) is 1.01. The first-order chi connectivity index (χ1) is 7.27. The summed E-state index contributed by atoms with van der Waals surface area (Å²) < 4.78 is 4.88. The van der Waals surface area contributed by atoms with Gasteiger partial charge in [-0.3, -0.25) is 0 Å². The number of hydrogen-bond donors (Lipinski definition) is 2. The Kier molecular flexibility index (Phi) is 4.53. The minimum Gasteiger partial charge on any atom is -0.423 e. The highest BCUT2D eigenvalue weighted by Crippen LogP contribution is 2.17. The molecule has 15 heavy (non-hydrogen) atoms. The van der Waals surface area contributed by atoms with Gasteiger partial charge in [-0.15, -0.1) is 0 Å². The Hall–Kier alpha value is -1.65. The Morgan fingerprint density at radius 2 is 2.00 bits per heavy atom. The molecule has 0 amide bonds. The van der Waals surface area contributed by atoms with Crippen molar-refractivity contribution in [3.8, 4) is 0 Å². The lowest BCUT2D eigenvalue weighted by Gasteiger charge is -1.92. The van der Waals surface area contributed by atoms with Gasteiger partial charge in [-0.1, -0.05) is 18.2 Å². The van der Waals surface area contributed by atoms with Crippen LogP contribution in [0.4, 0.5) is 0 Å². The number of carbonyl (C=O) groups excluding carboxylic acids is 1. The molecule has 0 bridgehead atoms. The van der Waals surface area contributed by atoms with Gasteiger partial charge in [0.1, 0.15) is 5.76 Å². The second-order valence-electron chi connectivity index (χ2n) is 2.75. The van der Waals surface area contributed by atoms with Gasteiger partial charge in [-0.25, -0.2) is 4.79 Å². The Bertz CT molecular complexity index is 348. The number of allylic oxidation sites excluding steroid dienone is 3. The van der Waals surface area contributed by atoms with Gasteiger partial charge in [0.25, 0.3) is 0 Å². The van der Waals surface area contributed by atoms with E-state index in [4.69, 9.17) is 14.9 Å². The molecule has 2 N–H and O–H groups in total. The van der Waals surface area contributed by atoms with Crippen LogP contribution in [-0.2, 0) is 9.53 Å². The van der Waals surface area contributed by atoms with E-state index in [1.807, 2.05) is 0 Å². The molecule has 0 aromatic rings. The van der Waals surface area contributed by atoms with Crippen LogP contribution in [0.3, 0.4) is 0 Å². The van der Waals surface area contributed by atoms with Gasteiger partial charge >= 0.3 is 5.97 Å². The molecule has 1 rings (SSSR count). The number of aliphatic hydroxyl groups is 2. The highest BCUT2D eigenvalue weighted by molar-refractivity contribution is 5.95. The number of cyclic esters (lactones) is 1. The normalized spacial score (nSPS) is 19.2. The molecule has 0 aromatic carbocycles. The maximum absolute atomic E-state index is 11.2. The van der Waals surface area contributed by atoms with E-state index in [1.165, 1.54) is 18.2 Å². The Morgan fingerprint density at radius 3 is 2.67 bits per heavy atom. The molecule has 0 aliphatic carbocycles. The predicted molar refractivity (Wildman–Crippen MR) is 54.7 cm³/mol. The van der Waals surface area contributed by atoms with Gasteiger partial charge in [-0.2, -0.15) is 0 Å². The quantitative estimate of drug-likeness (QED) is 0.658. The maximum Gasteiger partial charge on any atom is 0.343 e. The summed E-state index contributed by atoms with van der Waals surface area (Å²) in [4.78, 5) is 11.2. The SMILES string of the molecule is O=C1O/C(=C\C=C/CO)C=C1/C=C/CO. The van der Waals surface area contributed by atoms with Gasteiger partial charge in [-0.05, 0) is 18.2 Å². The highest BCUT2D eigenvalue weighted by Gasteiger charge is 2.17. The average molecular weight is 208 g/mol. The molecule has 1 aliphatic rings. The van der Waals surface area contributed by atoms with Crippen molar-refractivity contribution in [1.82, 2.24) is 0 Å². The molecular formula is C11H12O4. The molecule has 1 aliphatic heterocycles. The van der Waals surface area contributed by atoms with Crippen LogP contribution in [0.2, 0.25) is 0 Å². The number of hydrogen-bond acceptors (Lipinski definition) is 4. The average Bonchev–Trinajstić information content (AvgIpc) is 2.57. The fraction of sp³-hybridized carbons (Fsp3) is 0.182. The van der Waals surface area contributed by atoms with Crippen molar-refractivity contribution >= 4 is 5.97 Å². The van der Waals surface area contributed by atoms with Crippen molar-refractivity contribution in [3.63, 3.8) is 0 Å². The first-order valence-corrected chi connectivity index (χ1v) is 4.47. The largest absolute Gasteiger partial charge is 0.423 e. The first-order valence-electron chi connectivity index (χ1n) is 4.47. The molecule has 0 aromatic heterocycles. The molecule has 1 heterocycles. The molecular weight excluding hydrogens is 196 g/mol. The highest BCUT2D eigenvalue weighted by atomic mass is 16.5. The molecule has 0 saturated heterocycles. The molecule has 4 heteroatoms. The minimum absolute atomic E-state index is 0.0568. The van der Waals surface area contributed by atoms with Crippen LogP contribution in [0.15, 0.2) is 47.8 Å². The third-order valence-electron chi connectivity index (χ3n) is 1.65. The van der Waals surface area contributed by atoms with E-state index < -0.39 is 5.97 Å². The van der Waals surface area contributed by atoms with Crippen molar-refractivity contribution in [1.29, 1.82) is 0 Å². The van der Waals surface area contributed by atoms with Crippen LogP contribution in [-0.4, -0.2) is 29.4 Å². The van der Waals surface area contributed by atoms with Crippen molar-refractivity contribution in [2.24, 2.45) is 0 Å². The minimum atomic E-state index is -0.441. The van der Waals surface area contributed by atoms with Gasteiger partial charge in [0.2, 0.25) is 0 Å². The molecule has 0 fully saturated rings. The maximum atomic E-state index is 11.2. The van der Waals surface area contributed by atoms with Crippen LogP contribution in [0, 0.1) is 0 Å². The Labute approximate surface area is 87.5 Å². The topological polar surface area (TPSA) is 66.8 Å². The van der Waals surface area contributed by atoms with E-state index in [9.17, 15) is 4.79 Å². The van der Waals surface area contributed by atoms with E-state index in [-0.39, 0.29) is 13.2 Å². The summed E-state index contributed by atoms with van der Waals surface area (Å²) in [5, 5.41) is 17.0. The summed E-state index contributed by atoms with van der Waals surface area (Å²) in [5.41, 5.74) is 0.396. The van der Waals surface area contributed by atoms with Crippen molar-refractivity contribution in [2.45, 2.75) is 0 Å². The summed E-state index contributed by atoms with van der Waals surface area (Å²) in [6, 6.07) is 0. The zero-order valence-electron chi connectivity index (χ0n) is 8.09. The van der Waals surface area contributed by atoms with Crippen LogP contribution < -0.4 is 0 Å². The first kappa shape index (κ1) is 11.4. The van der Waals surface area contributed by atoms with E-state index in [0.717, 1.165) is 0 Å². The van der Waals surface area contributed by atoms with Crippen molar-refractivity contribution in [3.05, 3.63) is 47.8 Å². The summed E-state index contributed by atoms with van der Waals surface area (Å²) in [6.45, 7) is -0.174. The fourth-order valence-electron chi connectivity index (χ4n) is 1.01. The van der Waals surface area contributed by atoms with E-state index >= 15 is 0 Å². The molecule has 4 nitrogen and oxygen atoms in total. The summed E-state index contributed by atoms with van der Waals surface area (Å²) >= 11 is 0. The lowest BCUT2D eigenvalue weighted by Crippen LogP contribution is -1.96. The van der Waals surface area contributed by atoms with Crippen molar-refractivity contribution < 1.29 is 19.7 Å². The Morgan fingerprint density at radius 1 is 1.27 bits per heavy atom. The third kappa shape index (κ3) is 3.53. The second-order valence-corrected chi connectivity index (χ2v) is 2.75. The van der Waals surface area contributed by atoms with Gasteiger partial charge in [0, 0.05) is 0 Å². The number of rotatable bonds is 4. The zero-order valence-corrected chi connectivity index (χ0v) is 8.09. The van der Waals surface area contributed by atoms with Gasteiger partial charge in [0.15, 0.2) is 0 Å². The second kappa shape index (κ2) is 5.95. The number of esters is 1. The van der Waals surface area contributed by atoms with E-state index in [0.29, 0.717) is 11.3 Å². The zero-order chi connectivity index (χ0) is 11.1. The lowest BCUT2D eigenvalue weighted by molar-refractivity contribution is -0.132. The molecule has 0 radical (unpaired) electrons. The van der Waals surface area contributed by atoms with Gasteiger partial charge < -0.3 is 14.9 Å². The smallest absolute Gasteiger partial charge is 0.343 e. The Balaban J connectivity index is 2.70. The van der Waals surface area contributed by atoms with Gasteiger partial charge in [0.05, 0.1) is 18.8 Å². The third-order valence-corrected chi connectivity index (χ3v) is 1.65. The van der Waals surface area contributed by atoms with E-state index in [1.54, 1.807) is 18.2 Å². The monoisotopic (exact) mass is 208 g/mol. The van der Waals surface area contributed by atoms with Crippen LogP contribution in [0.1, 0.15) is 0 Å². The molecule has 80 valence electrons. The number of carbonyl (C=O) groups is 1. The molecule has 0 unspecified atom stereocenters. The number of aliphatic hydroxyl groups excluding tert-OH is 2. The standard InChI is InChI=1S/C11H12O4/c12-6-2-1-5-10-8-9(4-3-7-13)11(14)15-10/h1-5,8,12-13H,6-7H2/b2-1-,4-3+,10-5-. The van der Waals surface area contributed by atoms with Crippen LogP contribution >= 0.6 is 0 Å². The number of ether oxygens (including phenoxy) is 1. The molecule has 0 atom stereocenters. The van der Waals surface area contributed by atoms with Crippen LogP contribution in [0.25, 0.3) is 0 Å².